The van der Waals surface area contributed by atoms with Crippen LogP contribution in [0.3, 0.4) is 0 Å². The molecule has 84 valence electrons. The molecule has 0 aromatic heterocycles. The van der Waals surface area contributed by atoms with Crippen LogP contribution in [0.1, 0.15) is 26.7 Å². The molecule has 1 fully saturated rings. The summed E-state index contributed by atoms with van der Waals surface area (Å²) < 4.78 is 0. The Morgan fingerprint density at radius 3 is 2.64 bits per heavy atom. The Kier molecular flexibility index (Phi) is 5.45. The lowest BCUT2D eigenvalue weighted by atomic mass is 9.93. The van der Waals surface area contributed by atoms with Gasteiger partial charge in [-0.3, -0.25) is 0 Å². The van der Waals surface area contributed by atoms with E-state index >= 15 is 0 Å². The second-order valence-electron chi connectivity index (χ2n) is 4.16. The van der Waals surface area contributed by atoms with E-state index in [9.17, 15) is 5.11 Å². The van der Waals surface area contributed by atoms with E-state index in [-0.39, 0.29) is 6.10 Å². The van der Waals surface area contributed by atoms with Gasteiger partial charge in [-0.25, -0.2) is 0 Å². The van der Waals surface area contributed by atoms with Crippen molar-refractivity contribution in [1.82, 2.24) is 10.2 Å². The SMILES string of the molecule is CCN(CC)CC(O)C1CCCNC1. The van der Waals surface area contributed by atoms with E-state index in [4.69, 9.17) is 0 Å². The number of aliphatic hydroxyl groups is 1. The van der Waals surface area contributed by atoms with E-state index in [2.05, 4.69) is 24.1 Å². The van der Waals surface area contributed by atoms with Crippen LogP contribution in [0.2, 0.25) is 0 Å². The van der Waals surface area contributed by atoms with Gasteiger partial charge < -0.3 is 15.3 Å². The summed E-state index contributed by atoms with van der Waals surface area (Å²) in [5.41, 5.74) is 0. The van der Waals surface area contributed by atoms with Crippen molar-refractivity contribution < 1.29 is 5.11 Å². The standard InChI is InChI=1S/C11H24N2O/c1-3-13(4-2)9-11(14)10-6-5-7-12-8-10/h10-12,14H,3-9H2,1-2H3. The Bertz CT molecular complexity index is 142. The van der Waals surface area contributed by atoms with Crippen LogP contribution in [-0.2, 0) is 0 Å². The van der Waals surface area contributed by atoms with Gasteiger partial charge in [0.05, 0.1) is 6.10 Å². The van der Waals surface area contributed by atoms with E-state index < -0.39 is 0 Å². The smallest absolute Gasteiger partial charge is 0.0707 e. The van der Waals surface area contributed by atoms with Gasteiger partial charge in [-0.05, 0) is 38.4 Å². The molecule has 3 heteroatoms. The fourth-order valence-electron chi connectivity index (χ4n) is 2.10. The first-order valence-electron chi connectivity index (χ1n) is 5.89. The van der Waals surface area contributed by atoms with Gasteiger partial charge in [0.25, 0.3) is 0 Å². The summed E-state index contributed by atoms with van der Waals surface area (Å²) in [6.45, 7) is 9.31. The van der Waals surface area contributed by atoms with Crippen molar-refractivity contribution in [3.8, 4) is 0 Å². The van der Waals surface area contributed by atoms with E-state index in [1.807, 2.05) is 0 Å². The molecular weight excluding hydrogens is 176 g/mol. The van der Waals surface area contributed by atoms with Gasteiger partial charge in [0.2, 0.25) is 0 Å². The highest BCUT2D eigenvalue weighted by molar-refractivity contribution is 4.77. The third kappa shape index (κ3) is 3.56. The van der Waals surface area contributed by atoms with Crippen LogP contribution in [0.25, 0.3) is 0 Å². The summed E-state index contributed by atoms with van der Waals surface area (Å²) >= 11 is 0. The van der Waals surface area contributed by atoms with E-state index in [0.29, 0.717) is 5.92 Å². The number of nitrogens with one attached hydrogen (secondary N) is 1. The zero-order valence-corrected chi connectivity index (χ0v) is 9.50. The Morgan fingerprint density at radius 2 is 2.14 bits per heavy atom. The molecule has 0 aromatic carbocycles. The third-order valence-corrected chi connectivity index (χ3v) is 3.22. The minimum absolute atomic E-state index is 0.150. The van der Waals surface area contributed by atoms with Crippen molar-refractivity contribution in [2.45, 2.75) is 32.8 Å². The normalized spacial score (nSPS) is 25.3. The minimum atomic E-state index is -0.150. The van der Waals surface area contributed by atoms with Crippen molar-refractivity contribution in [3.63, 3.8) is 0 Å². The Morgan fingerprint density at radius 1 is 1.43 bits per heavy atom. The molecule has 1 aliphatic heterocycles. The summed E-state index contributed by atoms with van der Waals surface area (Å²) in [5, 5.41) is 13.4. The molecule has 0 radical (unpaired) electrons. The average molecular weight is 200 g/mol. The highest BCUT2D eigenvalue weighted by Gasteiger charge is 2.22. The minimum Gasteiger partial charge on any atom is -0.391 e. The van der Waals surface area contributed by atoms with Gasteiger partial charge in [0.1, 0.15) is 0 Å². The molecule has 0 aromatic rings. The first kappa shape index (κ1) is 12.0. The van der Waals surface area contributed by atoms with Crippen molar-refractivity contribution in [2.24, 2.45) is 5.92 Å². The maximum absolute atomic E-state index is 10.0. The van der Waals surface area contributed by atoms with E-state index in [0.717, 1.165) is 32.7 Å². The fourth-order valence-corrected chi connectivity index (χ4v) is 2.10. The highest BCUT2D eigenvalue weighted by atomic mass is 16.3. The molecular formula is C11H24N2O. The van der Waals surface area contributed by atoms with Crippen molar-refractivity contribution in [3.05, 3.63) is 0 Å². The predicted octanol–water partition coefficient (Wildman–Crippen LogP) is 0.689. The van der Waals surface area contributed by atoms with Crippen LogP contribution in [0.5, 0.6) is 0 Å². The molecule has 0 aliphatic carbocycles. The average Bonchev–Trinajstić information content (AvgIpc) is 2.26. The van der Waals surface area contributed by atoms with Crippen LogP contribution in [0, 0.1) is 5.92 Å². The number of aliphatic hydroxyl groups excluding tert-OH is 1. The highest BCUT2D eigenvalue weighted by Crippen LogP contribution is 2.15. The maximum atomic E-state index is 10.0. The quantitative estimate of drug-likeness (QED) is 0.685. The van der Waals surface area contributed by atoms with Gasteiger partial charge >= 0.3 is 0 Å². The topological polar surface area (TPSA) is 35.5 Å². The first-order valence-corrected chi connectivity index (χ1v) is 5.89. The molecule has 0 saturated carbocycles. The van der Waals surface area contributed by atoms with Crippen LogP contribution in [-0.4, -0.2) is 48.8 Å². The Hall–Kier alpha value is -0.120. The molecule has 2 atom stereocenters. The van der Waals surface area contributed by atoms with Gasteiger partial charge in [0.15, 0.2) is 0 Å². The van der Waals surface area contributed by atoms with E-state index in [1.165, 1.54) is 12.8 Å². The second-order valence-corrected chi connectivity index (χ2v) is 4.16. The van der Waals surface area contributed by atoms with Gasteiger partial charge in [-0.1, -0.05) is 13.8 Å². The van der Waals surface area contributed by atoms with Crippen LogP contribution in [0.15, 0.2) is 0 Å². The zero-order valence-electron chi connectivity index (χ0n) is 9.50. The van der Waals surface area contributed by atoms with Crippen LogP contribution >= 0.6 is 0 Å². The number of hydrogen-bond acceptors (Lipinski definition) is 3. The van der Waals surface area contributed by atoms with Crippen molar-refractivity contribution in [1.29, 1.82) is 0 Å². The molecule has 1 saturated heterocycles. The Balaban J connectivity index is 2.27. The zero-order chi connectivity index (χ0) is 10.4. The van der Waals surface area contributed by atoms with Crippen molar-refractivity contribution >= 4 is 0 Å². The number of piperidine rings is 1. The lowest BCUT2D eigenvalue weighted by Gasteiger charge is -2.30. The molecule has 1 aliphatic rings. The summed E-state index contributed by atoms with van der Waals surface area (Å²) in [6, 6.07) is 0. The number of nitrogens with zero attached hydrogens (tertiary/aromatic N) is 1. The third-order valence-electron chi connectivity index (χ3n) is 3.22. The molecule has 0 bridgehead atoms. The summed E-state index contributed by atoms with van der Waals surface area (Å²) in [5.74, 6) is 0.462. The molecule has 1 rings (SSSR count). The maximum Gasteiger partial charge on any atom is 0.0707 e. The second kappa shape index (κ2) is 6.38. The summed E-state index contributed by atoms with van der Waals surface area (Å²) in [4.78, 5) is 2.29. The summed E-state index contributed by atoms with van der Waals surface area (Å²) in [6.07, 6.45) is 2.23. The van der Waals surface area contributed by atoms with Crippen LogP contribution < -0.4 is 5.32 Å². The van der Waals surface area contributed by atoms with Gasteiger partial charge in [-0.2, -0.15) is 0 Å². The molecule has 0 spiro atoms. The predicted molar refractivity (Wildman–Crippen MR) is 59.4 cm³/mol. The van der Waals surface area contributed by atoms with E-state index in [1.54, 1.807) is 0 Å². The number of likely N-dealkylation sites (N-methyl/N-ethyl adjacent to an activating group) is 1. The fraction of sp³-hybridized carbons (Fsp3) is 1.00. The lowest BCUT2D eigenvalue weighted by Crippen LogP contribution is -2.42. The monoisotopic (exact) mass is 200 g/mol. The van der Waals surface area contributed by atoms with Crippen LogP contribution in [0.4, 0.5) is 0 Å². The molecule has 0 amide bonds. The summed E-state index contributed by atoms with van der Waals surface area (Å²) in [7, 11) is 0. The largest absolute Gasteiger partial charge is 0.391 e. The first-order chi connectivity index (χ1) is 6.77. The molecule has 3 nitrogen and oxygen atoms in total. The van der Waals surface area contributed by atoms with Gasteiger partial charge in [-0.15, -0.1) is 0 Å². The van der Waals surface area contributed by atoms with Gasteiger partial charge in [0, 0.05) is 13.1 Å². The van der Waals surface area contributed by atoms with Crippen molar-refractivity contribution in [2.75, 3.05) is 32.7 Å². The molecule has 2 N–H and O–H groups in total. The molecule has 2 unspecified atom stereocenters. The molecule has 1 heterocycles. The number of hydrogen-bond donors (Lipinski definition) is 2. The number of rotatable bonds is 5. The molecule has 14 heavy (non-hydrogen) atoms. The Labute approximate surface area is 87.5 Å². The lowest BCUT2D eigenvalue weighted by molar-refractivity contribution is 0.0562.